The highest BCUT2D eigenvalue weighted by Crippen LogP contribution is 2.29. The second-order valence-corrected chi connectivity index (χ2v) is 9.54. The van der Waals surface area contributed by atoms with E-state index in [0.717, 1.165) is 24.8 Å². The van der Waals surface area contributed by atoms with Gasteiger partial charge in [-0.2, -0.15) is 0 Å². The number of aryl methyl sites for hydroxylation is 1. The number of esters is 1. The van der Waals surface area contributed by atoms with Crippen molar-refractivity contribution < 1.29 is 22.7 Å². The third kappa shape index (κ3) is 9.28. The van der Waals surface area contributed by atoms with E-state index in [4.69, 9.17) is 20.2 Å². The summed E-state index contributed by atoms with van der Waals surface area (Å²) in [7, 11) is 1.55. The van der Waals surface area contributed by atoms with Gasteiger partial charge in [0.2, 0.25) is 0 Å². The molecule has 0 amide bonds. The molecule has 0 saturated heterocycles. The van der Waals surface area contributed by atoms with E-state index in [9.17, 15) is 13.2 Å². The number of halogens is 1. The molecule has 28 heavy (non-hydrogen) atoms. The van der Waals surface area contributed by atoms with Gasteiger partial charge in [0.15, 0.2) is 6.10 Å². The molecule has 160 valence electrons. The minimum Gasteiger partial charge on any atom is -0.477 e. The number of hydrogen-bond acceptors (Lipinski definition) is 5. The summed E-state index contributed by atoms with van der Waals surface area (Å²) in [5, 5.41) is 0. The molecule has 0 fully saturated rings. The molecule has 0 aliphatic heterocycles. The quantitative estimate of drug-likeness (QED) is 0.212. The van der Waals surface area contributed by atoms with Crippen LogP contribution in [-0.2, 0) is 18.6 Å². The molecule has 0 bridgehead atoms. The lowest BCUT2D eigenvalue weighted by Gasteiger charge is -2.19. The Morgan fingerprint density at radius 1 is 1.04 bits per heavy atom. The Hall–Kier alpha value is -1.27. The molecule has 0 radical (unpaired) electrons. The molecule has 0 heterocycles. The maximum atomic E-state index is 12.3. The Bertz CT molecular complexity index is 703. The van der Waals surface area contributed by atoms with Gasteiger partial charge in [-0.25, -0.2) is 13.2 Å². The van der Waals surface area contributed by atoms with E-state index >= 15 is 0 Å². The van der Waals surface area contributed by atoms with Gasteiger partial charge in [-0.15, -0.1) is 0 Å². The average Bonchev–Trinajstić information content (AvgIpc) is 2.63. The van der Waals surface area contributed by atoms with Gasteiger partial charge in [0.05, 0.1) is 6.61 Å². The van der Waals surface area contributed by atoms with Crippen LogP contribution in [0.4, 0.5) is 0 Å². The van der Waals surface area contributed by atoms with E-state index in [0.29, 0.717) is 6.42 Å². The second kappa shape index (κ2) is 13.0. The predicted molar refractivity (Wildman–Crippen MR) is 112 cm³/mol. The van der Waals surface area contributed by atoms with Crippen molar-refractivity contribution in [3.8, 4) is 5.75 Å². The summed E-state index contributed by atoms with van der Waals surface area (Å²) in [6.07, 6.45) is 8.77. The van der Waals surface area contributed by atoms with Crippen LogP contribution in [0.15, 0.2) is 23.1 Å². The maximum absolute atomic E-state index is 12.3. The SMILES string of the molecule is CCCCCCCCCCC(Oc1ccc(C)cc1S(=O)(=O)Cl)C(=O)OCC. The van der Waals surface area contributed by atoms with Crippen molar-refractivity contribution in [2.24, 2.45) is 0 Å². The van der Waals surface area contributed by atoms with Gasteiger partial charge in [-0.3, -0.25) is 0 Å². The van der Waals surface area contributed by atoms with Gasteiger partial charge >= 0.3 is 5.97 Å². The van der Waals surface area contributed by atoms with E-state index in [2.05, 4.69) is 6.92 Å². The molecule has 5 nitrogen and oxygen atoms in total. The standard InChI is InChI=1S/C21H33ClO5S/c1-4-6-7-8-9-10-11-12-13-19(21(23)26-5-2)27-18-15-14-17(3)16-20(18)28(22,24)25/h14-16,19H,4-13H2,1-3H3. The summed E-state index contributed by atoms with van der Waals surface area (Å²) in [4.78, 5) is 12.2. The summed E-state index contributed by atoms with van der Waals surface area (Å²) in [5.74, 6) is -0.401. The van der Waals surface area contributed by atoms with Crippen LogP contribution in [-0.4, -0.2) is 27.1 Å². The van der Waals surface area contributed by atoms with Gasteiger partial charge in [0.1, 0.15) is 10.6 Å². The van der Waals surface area contributed by atoms with Crippen LogP contribution in [0.5, 0.6) is 5.75 Å². The first-order valence-electron chi connectivity index (χ1n) is 10.2. The number of carbonyl (C=O) groups excluding carboxylic acids is 1. The fraction of sp³-hybridized carbons (Fsp3) is 0.667. The fourth-order valence-corrected chi connectivity index (χ4v) is 4.03. The smallest absolute Gasteiger partial charge is 0.347 e. The Morgan fingerprint density at radius 2 is 1.64 bits per heavy atom. The molecule has 1 aromatic rings. The molecule has 7 heteroatoms. The van der Waals surface area contributed by atoms with Crippen LogP contribution in [0.2, 0.25) is 0 Å². The minimum atomic E-state index is -3.98. The molecule has 0 aliphatic carbocycles. The zero-order valence-corrected chi connectivity index (χ0v) is 18.8. The highest BCUT2D eigenvalue weighted by Gasteiger charge is 2.25. The molecule has 0 spiro atoms. The average molecular weight is 433 g/mol. The normalized spacial score (nSPS) is 12.6. The van der Waals surface area contributed by atoms with E-state index in [1.165, 1.54) is 44.2 Å². The third-order valence-electron chi connectivity index (χ3n) is 4.50. The Balaban J connectivity index is 2.70. The minimum absolute atomic E-state index is 0.0817. The van der Waals surface area contributed by atoms with E-state index < -0.39 is 21.1 Å². The van der Waals surface area contributed by atoms with E-state index in [-0.39, 0.29) is 17.3 Å². The first kappa shape index (κ1) is 24.8. The first-order valence-corrected chi connectivity index (χ1v) is 12.5. The fourth-order valence-electron chi connectivity index (χ4n) is 2.98. The number of ether oxygens (including phenoxy) is 2. The zero-order chi connectivity index (χ0) is 21.0. The van der Waals surface area contributed by atoms with Crippen LogP contribution < -0.4 is 4.74 Å². The molecule has 1 aromatic carbocycles. The Morgan fingerprint density at radius 3 is 2.21 bits per heavy atom. The summed E-state index contributed by atoms with van der Waals surface area (Å²) >= 11 is 0. The summed E-state index contributed by atoms with van der Waals surface area (Å²) < 4.78 is 34.6. The largest absolute Gasteiger partial charge is 0.477 e. The molecule has 0 aliphatic rings. The van der Waals surface area contributed by atoms with Gasteiger partial charge in [-0.1, -0.05) is 57.9 Å². The third-order valence-corrected chi connectivity index (χ3v) is 5.84. The van der Waals surface area contributed by atoms with Crippen molar-refractivity contribution in [2.45, 2.75) is 89.6 Å². The van der Waals surface area contributed by atoms with Crippen molar-refractivity contribution in [3.63, 3.8) is 0 Å². The Labute approximate surface area is 174 Å². The highest BCUT2D eigenvalue weighted by molar-refractivity contribution is 8.13. The maximum Gasteiger partial charge on any atom is 0.347 e. The summed E-state index contributed by atoms with van der Waals surface area (Å²) in [6.45, 7) is 5.93. The monoisotopic (exact) mass is 432 g/mol. The van der Waals surface area contributed by atoms with E-state index in [1.807, 2.05) is 0 Å². The number of benzene rings is 1. The van der Waals surface area contributed by atoms with Crippen molar-refractivity contribution in [2.75, 3.05) is 6.61 Å². The first-order chi connectivity index (χ1) is 13.3. The molecular weight excluding hydrogens is 400 g/mol. The Kier molecular flexibility index (Phi) is 11.5. The van der Waals surface area contributed by atoms with Crippen molar-refractivity contribution in [1.29, 1.82) is 0 Å². The second-order valence-electron chi connectivity index (χ2n) is 7.01. The van der Waals surface area contributed by atoms with Crippen LogP contribution in [0.1, 0.15) is 77.2 Å². The number of hydrogen-bond donors (Lipinski definition) is 0. The number of unbranched alkanes of at least 4 members (excludes halogenated alkanes) is 7. The number of rotatable bonds is 14. The molecule has 1 rings (SSSR count). The summed E-state index contributed by atoms with van der Waals surface area (Å²) in [6, 6.07) is 4.69. The summed E-state index contributed by atoms with van der Waals surface area (Å²) in [5.41, 5.74) is 0.738. The zero-order valence-electron chi connectivity index (χ0n) is 17.2. The molecule has 1 atom stereocenters. The number of carbonyl (C=O) groups is 1. The topological polar surface area (TPSA) is 69.7 Å². The van der Waals surface area contributed by atoms with Crippen LogP contribution in [0.25, 0.3) is 0 Å². The highest BCUT2D eigenvalue weighted by atomic mass is 35.7. The molecular formula is C21H33ClO5S. The molecule has 0 aromatic heterocycles. The predicted octanol–water partition coefficient (Wildman–Crippen LogP) is 5.76. The van der Waals surface area contributed by atoms with Gasteiger partial charge in [0.25, 0.3) is 9.05 Å². The van der Waals surface area contributed by atoms with Crippen LogP contribution in [0, 0.1) is 6.92 Å². The van der Waals surface area contributed by atoms with Crippen molar-refractivity contribution in [1.82, 2.24) is 0 Å². The lowest BCUT2D eigenvalue weighted by atomic mass is 10.1. The van der Waals surface area contributed by atoms with Gasteiger partial charge < -0.3 is 9.47 Å². The van der Waals surface area contributed by atoms with E-state index in [1.54, 1.807) is 19.9 Å². The lowest BCUT2D eigenvalue weighted by molar-refractivity contribution is -0.151. The lowest BCUT2D eigenvalue weighted by Crippen LogP contribution is -2.30. The van der Waals surface area contributed by atoms with Crippen molar-refractivity contribution >= 4 is 25.7 Å². The van der Waals surface area contributed by atoms with Gasteiger partial charge in [0, 0.05) is 10.7 Å². The molecule has 1 unspecified atom stereocenters. The van der Waals surface area contributed by atoms with Gasteiger partial charge in [-0.05, 0) is 44.4 Å². The van der Waals surface area contributed by atoms with Crippen molar-refractivity contribution in [3.05, 3.63) is 23.8 Å². The van der Waals surface area contributed by atoms with Crippen LogP contribution >= 0.6 is 10.7 Å². The molecule has 0 saturated carbocycles. The van der Waals surface area contributed by atoms with Crippen LogP contribution in [0.3, 0.4) is 0 Å². The molecule has 0 N–H and O–H groups in total.